The number of nitrogens with zero attached hydrogens (tertiary/aromatic N) is 2. The van der Waals surface area contributed by atoms with Gasteiger partial charge in [0.1, 0.15) is 7.85 Å². The predicted molar refractivity (Wildman–Crippen MR) is 133 cm³/mol. The number of amides is 4. The summed E-state index contributed by atoms with van der Waals surface area (Å²) in [7, 11) is 29.7. The number of piperidine rings is 1. The lowest BCUT2D eigenvalue weighted by molar-refractivity contribution is -0.155. The van der Waals surface area contributed by atoms with Gasteiger partial charge in [0.15, 0.2) is 0 Å². The lowest BCUT2D eigenvalue weighted by Crippen LogP contribution is -2.64. The molecule has 7 nitrogen and oxygen atoms in total. The van der Waals surface area contributed by atoms with Crippen LogP contribution >= 0.6 is 11.6 Å². The van der Waals surface area contributed by atoms with E-state index in [4.69, 9.17) is 51.0 Å². The Kier molecular flexibility index (Phi) is 6.63. The van der Waals surface area contributed by atoms with Gasteiger partial charge in [-0.1, -0.05) is 35.9 Å². The minimum atomic E-state index is -4.09. The van der Waals surface area contributed by atoms with Crippen LogP contribution in [0.2, 0.25) is 10.8 Å². The number of carbonyl (C=O) groups is 4. The second kappa shape index (κ2) is 9.08. The van der Waals surface area contributed by atoms with E-state index in [1.54, 1.807) is 0 Å². The number of carbonyl (C=O) groups excluding carboxylic acids is 4. The molecule has 2 unspecified atom stereocenters. The van der Waals surface area contributed by atoms with Crippen LogP contribution in [0.4, 0.5) is 8.78 Å². The van der Waals surface area contributed by atoms with Gasteiger partial charge in [0.25, 0.3) is 11.8 Å². The van der Waals surface area contributed by atoms with Crippen molar-refractivity contribution in [1.29, 1.82) is 0 Å². The first kappa shape index (κ1) is 27.0. The van der Waals surface area contributed by atoms with Crippen LogP contribution in [-0.2, 0) is 32.2 Å². The molecule has 0 spiro atoms. The lowest BCUT2D eigenvalue weighted by atomic mass is 9.55. The number of hydrogen-bond acceptors (Lipinski definition) is 4. The molecular weight excluding hydrogens is 498 g/mol. The summed E-state index contributed by atoms with van der Waals surface area (Å²) < 4.78 is 29.8. The normalized spacial score (nSPS) is 22.0. The van der Waals surface area contributed by atoms with Gasteiger partial charge in [0.2, 0.25) is 19.8 Å². The van der Waals surface area contributed by atoms with E-state index in [0.29, 0.717) is 0 Å². The highest BCUT2D eigenvalue weighted by Crippen LogP contribution is 2.38. The molecule has 1 fully saturated rings. The Labute approximate surface area is 222 Å². The van der Waals surface area contributed by atoms with E-state index < -0.39 is 51.7 Å². The van der Waals surface area contributed by atoms with Crippen LogP contribution in [0.1, 0.15) is 33.5 Å². The SMILES string of the molecule is [B]C1CC([B])(N2Cc3cc(C([B])([B])N([B])C(=O)C(F)(F)c4ccc(Cl)cc4)ccc3C2=O)C(=O)NC1=O. The third-order valence-electron chi connectivity index (χ3n) is 6.44. The fourth-order valence-corrected chi connectivity index (χ4v) is 4.33. The molecule has 2 atom stereocenters. The summed E-state index contributed by atoms with van der Waals surface area (Å²) in [5, 5.41) is -0.214. The van der Waals surface area contributed by atoms with Crippen molar-refractivity contribution < 1.29 is 28.0 Å². The minimum absolute atomic E-state index is 0.00150. The van der Waals surface area contributed by atoms with E-state index in [2.05, 4.69) is 0 Å². The highest BCUT2D eigenvalue weighted by molar-refractivity contribution is 6.43. The van der Waals surface area contributed by atoms with Gasteiger partial charge in [-0.15, -0.1) is 0 Å². The summed E-state index contributed by atoms with van der Waals surface area (Å²) in [6.07, 6.45) is -0.327. The molecule has 1 saturated heterocycles. The quantitative estimate of drug-likeness (QED) is 0.464. The average Bonchev–Trinajstić information content (AvgIpc) is 3.18. The first-order valence-electron chi connectivity index (χ1n) is 10.8. The summed E-state index contributed by atoms with van der Waals surface area (Å²) in [5.74, 6) is -9.39. The highest BCUT2D eigenvalue weighted by Gasteiger charge is 2.50. The van der Waals surface area contributed by atoms with Crippen molar-refractivity contribution in [1.82, 2.24) is 15.0 Å². The number of fused-ring (bicyclic) bond motifs is 1. The molecule has 10 radical (unpaired) electrons. The van der Waals surface area contributed by atoms with Crippen molar-refractivity contribution in [3.8, 4) is 0 Å². The molecule has 176 valence electrons. The van der Waals surface area contributed by atoms with Gasteiger partial charge >= 0.3 is 5.92 Å². The minimum Gasteiger partial charge on any atom is -0.398 e. The number of halogens is 3. The van der Waals surface area contributed by atoms with Gasteiger partial charge in [0.05, 0.1) is 29.0 Å². The zero-order valence-corrected chi connectivity index (χ0v) is 19.8. The molecule has 2 aromatic carbocycles. The fourth-order valence-electron chi connectivity index (χ4n) is 4.20. The molecule has 0 bridgehead atoms. The first-order valence-corrected chi connectivity index (χ1v) is 11.1. The smallest absolute Gasteiger partial charge is 0.348 e. The van der Waals surface area contributed by atoms with Gasteiger partial charge in [-0.05, 0) is 41.1 Å². The zero-order valence-electron chi connectivity index (χ0n) is 19.1. The van der Waals surface area contributed by atoms with Gasteiger partial charge in [-0.3, -0.25) is 24.5 Å². The van der Waals surface area contributed by atoms with E-state index in [9.17, 15) is 28.0 Å². The second-order valence-corrected chi connectivity index (χ2v) is 9.33. The average molecular weight is 511 g/mol. The molecule has 2 aliphatic rings. The van der Waals surface area contributed by atoms with E-state index in [1.807, 2.05) is 5.32 Å². The van der Waals surface area contributed by atoms with Crippen molar-refractivity contribution >= 4 is 74.6 Å². The molecule has 2 aliphatic heterocycles. The number of nitrogens with one attached hydrogen (secondary N) is 1. The van der Waals surface area contributed by atoms with Crippen LogP contribution in [0.3, 0.4) is 0 Å². The Hall–Kier alpha value is -3.01. The topological polar surface area (TPSA) is 86.8 Å². The summed E-state index contributed by atoms with van der Waals surface area (Å²) in [6, 6.07) is 8.08. The molecule has 0 saturated carbocycles. The maximum Gasteiger partial charge on any atom is 0.348 e. The largest absolute Gasteiger partial charge is 0.398 e. The molecule has 0 aliphatic carbocycles. The fraction of sp³-hybridized carbons (Fsp3) is 0.273. The van der Waals surface area contributed by atoms with E-state index in [1.165, 1.54) is 30.3 Å². The van der Waals surface area contributed by atoms with E-state index in [0.717, 1.165) is 17.0 Å². The molecule has 0 aromatic heterocycles. The predicted octanol–water partition coefficient (Wildman–Crippen LogP) is 0.315. The summed E-state index contributed by atoms with van der Waals surface area (Å²) >= 11 is 5.72. The van der Waals surface area contributed by atoms with Crippen molar-refractivity contribution in [2.24, 2.45) is 0 Å². The van der Waals surface area contributed by atoms with Crippen molar-refractivity contribution in [3.05, 3.63) is 69.7 Å². The van der Waals surface area contributed by atoms with Crippen LogP contribution in [0.15, 0.2) is 42.5 Å². The number of alkyl halides is 2. The number of rotatable bonds is 5. The third-order valence-corrected chi connectivity index (χ3v) is 6.70. The maximum absolute atomic E-state index is 14.9. The van der Waals surface area contributed by atoms with Gasteiger partial charge in [0, 0.05) is 28.5 Å². The molecule has 2 aromatic rings. The second-order valence-electron chi connectivity index (χ2n) is 8.90. The molecule has 4 amide bonds. The van der Waals surface area contributed by atoms with E-state index >= 15 is 0 Å². The van der Waals surface area contributed by atoms with Crippen LogP contribution < -0.4 is 5.32 Å². The Morgan fingerprint density at radius 1 is 1.11 bits per heavy atom. The highest BCUT2D eigenvalue weighted by atomic mass is 35.5. The number of hydrogen-bond donors (Lipinski definition) is 1. The van der Waals surface area contributed by atoms with Crippen LogP contribution in [0.5, 0.6) is 0 Å². The molecule has 15 heteroatoms. The number of benzene rings is 2. The van der Waals surface area contributed by atoms with Crippen molar-refractivity contribution in [3.63, 3.8) is 0 Å². The molecule has 1 N–H and O–H groups in total. The summed E-state index contributed by atoms with van der Waals surface area (Å²) in [6.45, 7) is -0.220. The Morgan fingerprint density at radius 3 is 2.32 bits per heavy atom. The molecule has 2 heterocycles. The summed E-state index contributed by atoms with van der Waals surface area (Å²) in [4.78, 5) is 50.9. The van der Waals surface area contributed by atoms with E-state index in [-0.39, 0.29) is 39.5 Å². The Balaban J connectivity index is 1.61. The van der Waals surface area contributed by atoms with Crippen LogP contribution in [0, 0.1) is 0 Å². The lowest BCUT2D eigenvalue weighted by Gasteiger charge is -2.42. The third kappa shape index (κ3) is 4.39. The van der Waals surface area contributed by atoms with Crippen LogP contribution in [0.25, 0.3) is 0 Å². The number of imide groups is 1. The molecule has 37 heavy (non-hydrogen) atoms. The summed E-state index contributed by atoms with van der Waals surface area (Å²) in [5.41, 5.74) is -2.31. The zero-order chi connectivity index (χ0) is 27.5. The van der Waals surface area contributed by atoms with Gasteiger partial charge in [-0.25, -0.2) is 0 Å². The first-order chi connectivity index (χ1) is 17.1. The van der Waals surface area contributed by atoms with Gasteiger partial charge < -0.3 is 9.71 Å². The van der Waals surface area contributed by atoms with Crippen molar-refractivity contribution in [2.45, 2.75) is 35.5 Å². The monoisotopic (exact) mass is 511 g/mol. The Bertz CT molecular complexity index is 1330. The van der Waals surface area contributed by atoms with Gasteiger partial charge in [-0.2, -0.15) is 8.78 Å². The molecule has 4 rings (SSSR count). The maximum atomic E-state index is 14.9. The van der Waals surface area contributed by atoms with Crippen molar-refractivity contribution in [2.75, 3.05) is 0 Å². The molecular formula is C22H13B5ClF2N3O4. The standard InChI is InChI=1S/C22H13B5ClF2N3O4/c23-15-8-20(24,18(36)31-16(15)34)32-9-10-7-12(3-6-14(10)17(32)35)22(25,26)33(27)19(37)21(29,30)11-1-4-13(28)5-2-11/h1-7,15H,8-9H2,(H,31,34,36). The van der Waals surface area contributed by atoms with Crippen LogP contribution in [-0.4, -0.2) is 78.1 Å². The Morgan fingerprint density at radius 2 is 1.70 bits per heavy atom.